The molecule has 1 heterocycles. The van der Waals surface area contributed by atoms with E-state index in [1.54, 1.807) is 18.2 Å². The third-order valence-electron chi connectivity index (χ3n) is 5.96. The topological polar surface area (TPSA) is 49.8 Å². The van der Waals surface area contributed by atoms with E-state index in [9.17, 15) is 9.90 Å². The van der Waals surface area contributed by atoms with Crippen LogP contribution in [0, 0.1) is 0 Å². The molecule has 4 nitrogen and oxygen atoms in total. The van der Waals surface area contributed by atoms with Gasteiger partial charge in [0.25, 0.3) is 0 Å². The van der Waals surface area contributed by atoms with Crippen molar-refractivity contribution in [3.8, 4) is 22.6 Å². The van der Waals surface area contributed by atoms with Crippen LogP contribution in [0.3, 0.4) is 0 Å². The van der Waals surface area contributed by atoms with E-state index in [-0.39, 0.29) is 17.3 Å². The Morgan fingerprint density at radius 2 is 1.44 bits per heavy atom. The number of benzene rings is 4. The SMILES string of the molecule is CN(Cc1ccccc1)Cc1c(O)ccc2c1O/C(=C\c1ccc(-c3ccccc3)cc1)C2=O. The van der Waals surface area contributed by atoms with Crippen LogP contribution in [0.2, 0.25) is 0 Å². The fourth-order valence-corrected chi connectivity index (χ4v) is 4.22. The lowest BCUT2D eigenvalue weighted by molar-refractivity contribution is 0.101. The van der Waals surface area contributed by atoms with E-state index in [1.165, 1.54) is 5.56 Å². The average molecular weight is 448 g/mol. The Balaban J connectivity index is 1.37. The molecule has 1 N–H and O–H groups in total. The van der Waals surface area contributed by atoms with Crippen molar-refractivity contribution < 1.29 is 14.6 Å². The number of Topliss-reactive ketones (excluding diaryl/α,β-unsaturated/α-hetero) is 1. The fraction of sp³-hybridized carbons (Fsp3) is 0.100. The van der Waals surface area contributed by atoms with Gasteiger partial charge in [-0.2, -0.15) is 0 Å². The minimum Gasteiger partial charge on any atom is -0.507 e. The maximum atomic E-state index is 13.0. The molecular formula is C30H25NO3. The zero-order chi connectivity index (χ0) is 23.5. The number of phenols is 1. The van der Waals surface area contributed by atoms with E-state index in [0.717, 1.165) is 16.7 Å². The van der Waals surface area contributed by atoms with E-state index >= 15 is 0 Å². The molecule has 5 rings (SSSR count). The lowest BCUT2D eigenvalue weighted by atomic mass is 10.0. The maximum Gasteiger partial charge on any atom is 0.231 e. The summed E-state index contributed by atoms with van der Waals surface area (Å²) >= 11 is 0. The molecule has 0 atom stereocenters. The van der Waals surface area contributed by atoms with Gasteiger partial charge in [-0.05, 0) is 47.5 Å². The molecule has 0 bridgehead atoms. The first-order valence-corrected chi connectivity index (χ1v) is 11.3. The number of hydrogen-bond donors (Lipinski definition) is 1. The Labute approximate surface area is 199 Å². The van der Waals surface area contributed by atoms with Gasteiger partial charge in [0.2, 0.25) is 5.78 Å². The summed E-state index contributed by atoms with van der Waals surface area (Å²) in [6, 6.07) is 31.5. The van der Waals surface area contributed by atoms with Gasteiger partial charge < -0.3 is 9.84 Å². The van der Waals surface area contributed by atoms with Crippen molar-refractivity contribution in [3.05, 3.63) is 125 Å². The molecule has 1 aliphatic heterocycles. The van der Waals surface area contributed by atoms with Crippen LogP contribution in [0.1, 0.15) is 27.0 Å². The smallest absolute Gasteiger partial charge is 0.231 e. The maximum absolute atomic E-state index is 13.0. The summed E-state index contributed by atoms with van der Waals surface area (Å²) < 4.78 is 6.03. The molecule has 0 fully saturated rings. The standard InChI is InChI=1S/C30H25NO3/c1-31(19-22-8-4-2-5-9-22)20-26-27(32)17-16-25-29(33)28(34-30(25)26)18-21-12-14-24(15-13-21)23-10-6-3-7-11-23/h2-18,32H,19-20H2,1H3/b28-18-. The number of hydrogen-bond acceptors (Lipinski definition) is 4. The molecule has 34 heavy (non-hydrogen) atoms. The average Bonchev–Trinajstić information content (AvgIpc) is 3.18. The van der Waals surface area contributed by atoms with E-state index in [0.29, 0.717) is 30.0 Å². The predicted octanol–water partition coefficient (Wildman–Crippen LogP) is 6.31. The van der Waals surface area contributed by atoms with E-state index in [4.69, 9.17) is 4.74 Å². The second-order valence-electron chi connectivity index (χ2n) is 8.53. The predicted molar refractivity (Wildman–Crippen MR) is 135 cm³/mol. The monoisotopic (exact) mass is 447 g/mol. The highest BCUT2D eigenvalue weighted by Gasteiger charge is 2.31. The van der Waals surface area contributed by atoms with Crippen LogP contribution < -0.4 is 4.74 Å². The molecule has 0 saturated carbocycles. The van der Waals surface area contributed by atoms with Crippen LogP contribution >= 0.6 is 0 Å². The Hall–Kier alpha value is -4.15. The molecule has 1 aliphatic rings. The number of phenolic OH excluding ortho intramolecular Hbond substituents is 1. The molecule has 0 radical (unpaired) electrons. The summed E-state index contributed by atoms with van der Waals surface area (Å²) in [5.74, 6) is 0.658. The Bertz CT molecular complexity index is 1340. The van der Waals surface area contributed by atoms with Crippen molar-refractivity contribution in [2.75, 3.05) is 7.05 Å². The molecule has 0 unspecified atom stereocenters. The molecule has 0 spiro atoms. The number of aromatic hydroxyl groups is 1. The highest BCUT2D eigenvalue weighted by atomic mass is 16.5. The van der Waals surface area contributed by atoms with Crippen LogP contribution in [-0.2, 0) is 13.1 Å². The van der Waals surface area contributed by atoms with Gasteiger partial charge in [-0.1, -0.05) is 84.9 Å². The van der Waals surface area contributed by atoms with Gasteiger partial charge in [-0.15, -0.1) is 0 Å². The van der Waals surface area contributed by atoms with Gasteiger partial charge in [0.15, 0.2) is 5.76 Å². The van der Waals surface area contributed by atoms with E-state index in [2.05, 4.69) is 29.2 Å². The molecule has 4 aromatic carbocycles. The zero-order valence-electron chi connectivity index (χ0n) is 18.9. The molecule has 4 heteroatoms. The number of ketones is 1. The van der Waals surface area contributed by atoms with Gasteiger partial charge in [0.05, 0.1) is 11.1 Å². The highest BCUT2D eigenvalue weighted by molar-refractivity contribution is 6.15. The third-order valence-corrected chi connectivity index (χ3v) is 5.96. The number of carbonyl (C=O) groups is 1. The number of rotatable bonds is 6. The zero-order valence-corrected chi connectivity index (χ0v) is 18.9. The van der Waals surface area contributed by atoms with Crippen molar-refractivity contribution in [1.29, 1.82) is 0 Å². The van der Waals surface area contributed by atoms with Crippen molar-refractivity contribution in [2.24, 2.45) is 0 Å². The molecule has 0 aromatic heterocycles. The van der Waals surface area contributed by atoms with Gasteiger partial charge in [-0.25, -0.2) is 0 Å². The summed E-state index contributed by atoms with van der Waals surface area (Å²) in [4.78, 5) is 15.1. The molecule has 168 valence electrons. The minimum atomic E-state index is -0.172. The van der Waals surface area contributed by atoms with Crippen LogP contribution in [0.15, 0.2) is 103 Å². The lowest BCUT2D eigenvalue weighted by Crippen LogP contribution is -2.17. The molecule has 0 aliphatic carbocycles. The first-order chi connectivity index (χ1) is 16.6. The molecular weight excluding hydrogens is 422 g/mol. The number of nitrogens with zero attached hydrogens (tertiary/aromatic N) is 1. The number of carbonyl (C=O) groups excluding carboxylic acids is 1. The van der Waals surface area contributed by atoms with Gasteiger partial charge in [0, 0.05) is 13.1 Å². The van der Waals surface area contributed by atoms with Crippen LogP contribution in [0.5, 0.6) is 11.5 Å². The number of fused-ring (bicyclic) bond motifs is 1. The van der Waals surface area contributed by atoms with Crippen molar-refractivity contribution >= 4 is 11.9 Å². The van der Waals surface area contributed by atoms with Gasteiger partial charge >= 0.3 is 0 Å². The number of ether oxygens (including phenoxy) is 1. The highest BCUT2D eigenvalue weighted by Crippen LogP contribution is 2.40. The van der Waals surface area contributed by atoms with E-state index in [1.807, 2.05) is 67.7 Å². The summed E-state index contributed by atoms with van der Waals surface area (Å²) in [6.07, 6.45) is 1.76. The van der Waals surface area contributed by atoms with Crippen LogP contribution in [0.25, 0.3) is 17.2 Å². The summed E-state index contributed by atoms with van der Waals surface area (Å²) in [5.41, 5.74) is 5.40. The minimum absolute atomic E-state index is 0.125. The largest absolute Gasteiger partial charge is 0.507 e. The Morgan fingerprint density at radius 1 is 0.794 bits per heavy atom. The summed E-state index contributed by atoms with van der Waals surface area (Å²) in [6.45, 7) is 1.17. The first-order valence-electron chi connectivity index (χ1n) is 11.3. The summed E-state index contributed by atoms with van der Waals surface area (Å²) in [7, 11) is 1.98. The quantitative estimate of drug-likeness (QED) is 0.352. The first kappa shape index (κ1) is 21.7. The third kappa shape index (κ3) is 4.49. The number of allylic oxidation sites excluding steroid dienone is 1. The molecule has 0 saturated heterocycles. The molecule has 4 aromatic rings. The molecule has 0 amide bonds. The Morgan fingerprint density at radius 3 is 2.15 bits per heavy atom. The van der Waals surface area contributed by atoms with Gasteiger partial charge in [0.1, 0.15) is 11.5 Å². The van der Waals surface area contributed by atoms with Crippen molar-refractivity contribution in [2.45, 2.75) is 13.1 Å². The normalized spacial score (nSPS) is 13.8. The fourth-order valence-electron chi connectivity index (χ4n) is 4.22. The second kappa shape index (κ2) is 9.38. The van der Waals surface area contributed by atoms with Crippen molar-refractivity contribution in [3.63, 3.8) is 0 Å². The van der Waals surface area contributed by atoms with E-state index < -0.39 is 0 Å². The lowest BCUT2D eigenvalue weighted by Gasteiger charge is -2.19. The van der Waals surface area contributed by atoms with Crippen molar-refractivity contribution in [1.82, 2.24) is 4.90 Å². The van der Waals surface area contributed by atoms with Gasteiger partial charge in [-0.3, -0.25) is 9.69 Å². The Kier molecular flexibility index (Phi) is 5.98. The summed E-state index contributed by atoms with van der Waals surface area (Å²) in [5, 5.41) is 10.6. The van der Waals surface area contributed by atoms with Crippen LogP contribution in [0.4, 0.5) is 0 Å². The second-order valence-corrected chi connectivity index (χ2v) is 8.53. The van der Waals surface area contributed by atoms with Crippen LogP contribution in [-0.4, -0.2) is 22.8 Å².